The van der Waals surface area contributed by atoms with Gasteiger partial charge in [0, 0.05) is 12.8 Å². The Morgan fingerprint density at radius 1 is 0.346 bits per heavy atom. The molecule has 2 unspecified atom stereocenters. The maximum atomic E-state index is 12.6. The Bertz CT molecular complexity index is 1270. The number of carbonyl (C=O) groups is 2. The zero-order valence-electron chi connectivity index (χ0n) is 55.0. The van der Waals surface area contributed by atoms with E-state index in [0.29, 0.717) is 25.9 Å². The zero-order chi connectivity index (χ0) is 58.5. The summed E-state index contributed by atoms with van der Waals surface area (Å²) in [5, 5.41) is 23.5. The Morgan fingerprint density at radius 3 is 0.988 bits per heavy atom. The van der Waals surface area contributed by atoms with Gasteiger partial charge in [0.15, 0.2) is 0 Å². The molecule has 480 valence electrons. The van der Waals surface area contributed by atoms with Gasteiger partial charge in [-0.25, -0.2) is 0 Å². The number of carbonyl (C=O) groups excluding carboxylic acids is 2. The highest BCUT2D eigenvalue weighted by Crippen LogP contribution is 2.20. The highest BCUT2D eigenvalue weighted by molar-refractivity contribution is 5.76. The van der Waals surface area contributed by atoms with Crippen molar-refractivity contribution in [3.63, 3.8) is 0 Å². The summed E-state index contributed by atoms with van der Waals surface area (Å²) >= 11 is 0. The van der Waals surface area contributed by atoms with Crippen molar-refractivity contribution in [2.45, 2.75) is 431 Å². The predicted molar refractivity (Wildman–Crippen MR) is 356 cm³/mol. The lowest BCUT2D eigenvalue weighted by Gasteiger charge is -2.22. The number of unbranched alkanes of at least 4 members (excludes halogenated alkanes) is 55. The third-order valence-electron chi connectivity index (χ3n) is 17.5. The van der Waals surface area contributed by atoms with E-state index in [0.717, 1.165) is 51.4 Å². The van der Waals surface area contributed by atoms with Crippen LogP contribution in [0.2, 0.25) is 0 Å². The molecule has 0 saturated carbocycles. The number of amides is 1. The normalized spacial score (nSPS) is 12.6. The maximum absolute atomic E-state index is 12.6. The molecule has 0 aromatic rings. The Labute approximate surface area is 507 Å². The summed E-state index contributed by atoms with van der Waals surface area (Å²) in [5.74, 6) is -0.0235. The number of nitrogens with one attached hydrogen (secondary N) is 1. The highest BCUT2D eigenvalue weighted by Gasteiger charge is 2.20. The van der Waals surface area contributed by atoms with E-state index in [1.807, 2.05) is 0 Å². The number of hydrogen-bond donors (Lipinski definition) is 3. The molecule has 0 bridgehead atoms. The number of allylic oxidation sites excluding steroid dienone is 4. The van der Waals surface area contributed by atoms with E-state index < -0.39 is 12.1 Å². The van der Waals surface area contributed by atoms with E-state index in [-0.39, 0.29) is 18.5 Å². The van der Waals surface area contributed by atoms with E-state index in [4.69, 9.17) is 4.74 Å². The second-order valence-electron chi connectivity index (χ2n) is 25.6. The first-order valence-electron chi connectivity index (χ1n) is 37.1. The molecule has 0 aliphatic heterocycles. The van der Waals surface area contributed by atoms with Crippen LogP contribution in [0.3, 0.4) is 0 Å². The van der Waals surface area contributed by atoms with E-state index in [2.05, 4.69) is 43.5 Å². The predicted octanol–water partition coefficient (Wildman–Crippen LogP) is 24.1. The quantitative estimate of drug-likeness (QED) is 0.0320. The fourth-order valence-corrected chi connectivity index (χ4v) is 11.9. The zero-order valence-corrected chi connectivity index (χ0v) is 55.0. The third-order valence-corrected chi connectivity index (χ3v) is 17.5. The molecule has 0 heterocycles. The van der Waals surface area contributed by atoms with Gasteiger partial charge in [0.05, 0.1) is 25.4 Å². The molecule has 0 aromatic carbocycles. The molecular formula is C75H145NO5. The molecule has 6 heteroatoms. The minimum atomic E-state index is -0.664. The number of rotatable bonds is 70. The van der Waals surface area contributed by atoms with Gasteiger partial charge in [-0.05, 0) is 51.4 Å². The van der Waals surface area contributed by atoms with Gasteiger partial charge in [-0.15, -0.1) is 0 Å². The minimum absolute atomic E-state index is 0.00356. The van der Waals surface area contributed by atoms with Crippen molar-refractivity contribution in [3.05, 3.63) is 24.3 Å². The summed E-state index contributed by atoms with van der Waals surface area (Å²) in [6, 6.07) is -0.541. The molecule has 0 aliphatic carbocycles. The monoisotopic (exact) mass is 1140 g/mol. The van der Waals surface area contributed by atoms with Crippen molar-refractivity contribution in [2.24, 2.45) is 0 Å². The third kappa shape index (κ3) is 67.3. The standard InChI is InChI=1S/C75H145NO5/c1-3-5-7-9-11-13-15-17-18-19-20-21-22-28-31-34-37-40-44-47-51-55-59-63-67-73(78)72(71-77)76-74(79)68-64-60-56-52-48-45-41-38-35-32-29-26-24-23-25-27-30-33-36-39-42-46-50-54-58-62-66-70-81-75(80)69-65-61-57-53-49-43-16-14-12-10-8-6-4-2/h8,10,14,16,72-73,77-78H,3-7,9,11-13,15,17-71H2,1-2H3,(H,76,79)/b10-8-,16-14-. The van der Waals surface area contributed by atoms with Crippen LogP contribution in [-0.4, -0.2) is 47.4 Å². The van der Waals surface area contributed by atoms with Crippen LogP contribution < -0.4 is 5.32 Å². The maximum Gasteiger partial charge on any atom is 0.305 e. The van der Waals surface area contributed by atoms with E-state index in [1.165, 1.54) is 334 Å². The van der Waals surface area contributed by atoms with Crippen molar-refractivity contribution >= 4 is 11.9 Å². The number of aliphatic hydroxyl groups excluding tert-OH is 2. The van der Waals surface area contributed by atoms with E-state index >= 15 is 0 Å². The molecule has 1 amide bonds. The largest absolute Gasteiger partial charge is 0.466 e. The van der Waals surface area contributed by atoms with E-state index in [1.54, 1.807) is 0 Å². The fourth-order valence-electron chi connectivity index (χ4n) is 11.9. The second kappa shape index (κ2) is 70.8. The summed E-state index contributed by atoms with van der Waals surface area (Å²) in [7, 11) is 0. The van der Waals surface area contributed by atoms with Crippen molar-refractivity contribution < 1.29 is 24.5 Å². The Kier molecular flexibility index (Phi) is 69.4. The molecular weight excluding hydrogens is 995 g/mol. The Hall–Kier alpha value is -1.66. The van der Waals surface area contributed by atoms with Crippen LogP contribution in [0.25, 0.3) is 0 Å². The number of hydrogen-bond acceptors (Lipinski definition) is 5. The first kappa shape index (κ1) is 79.3. The number of aliphatic hydroxyl groups is 2. The molecule has 3 N–H and O–H groups in total. The smallest absolute Gasteiger partial charge is 0.305 e. The fraction of sp³-hybridized carbons (Fsp3) is 0.920. The van der Waals surface area contributed by atoms with E-state index in [9.17, 15) is 19.8 Å². The van der Waals surface area contributed by atoms with Gasteiger partial charge in [0.25, 0.3) is 0 Å². The van der Waals surface area contributed by atoms with Crippen LogP contribution in [0, 0.1) is 0 Å². The van der Waals surface area contributed by atoms with Crippen molar-refractivity contribution in [1.82, 2.24) is 5.32 Å². The summed E-state index contributed by atoms with van der Waals surface area (Å²) in [4.78, 5) is 24.6. The number of ether oxygens (including phenoxy) is 1. The molecule has 0 aliphatic rings. The molecule has 0 saturated heterocycles. The molecule has 0 spiro atoms. The van der Waals surface area contributed by atoms with Gasteiger partial charge in [-0.2, -0.15) is 0 Å². The van der Waals surface area contributed by atoms with Gasteiger partial charge < -0.3 is 20.3 Å². The van der Waals surface area contributed by atoms with Crippen LogP contribution >= 0.6 is 0 Å². The van der Waals surface area contributed by atoms with Gasteiger partial charge in [-0.3, -0.25) is 9.59 Å². The van der Waals surface area contributed by atoms with Gasteiger partial charge >= 0.3 is 5.97 Å². The molecule has 0 aromatic heterocycles. The highest BCUT2D eigenvalue weighted by atomic mass is 16.5. The topological polar surface area (TPSA) is 95.9 Å². The van der Waals surface area contributed by atoms with Gasteiger partial charge in [-0.1, -0.05) is 378 Å². The molecule has 0 radical (unpaired) electrons. The summed E-state index contributed by atoms with van der Waals surface area (Å²) < 4.78 is 5.48. The van der Waals surface area contributed by atoms with Crippen LogP contribution in [0.15, 0.2) is 24.3 Å². The SMILES string of the molecule is CCC/C=C\C/C=C\CCCCCCCC(=O)OCCCCCCCCCCCCCCCCCCCCCCCCCCCCCC(=O)NC(CO)C(O)CCCCCCCCCCCCCCCCCCCCCCCCCC. The molecule has 2 atom stereocenters. The lowest BCUT2D eigenvalue weighted by Crippen LogP contribution is -2.45. The Balaban J connectivity index is 3.36. The lowest BCUT2D eigenvalue weighted by molar-refractivity contribution is -0.143. The average molecular weight is 1140 g/mol. The number of esters is 1. The molecule has 6 nitrogen and oxygen atoms in total. The molecule has 0 fully saturated rings. The molecule has 81 heavy (non-hydrogen) atoms. The summed E-state index contributed by atoms with van der Waals surface area (Å²) in [6.07, 6.45) is 89.6. The van der Waals surface area contributed by atoms with Gasteiger partial charge in [0.1, 0.15) is 0 Å². The van der Waals surface area contributed by atoms with Gasteiger partial charge in [0.2, 0.25) is 5.91 Å². The van der Waals surface area contributed by atoms with Crippen LogP contribution in [0.5, 0.6) is 0 Å². The Morgan fingerprint density at radius 2 is 0.642 bits per heavy atom. The summed E-state index contributed by atoms with van der Waals surface area (Å²) in [6.45, 7) is 4.93. The van der Waals surface area contributed by atoms with Crippen LogP contribution in [0.4, 0.5) is 0 Å². The van der Waals surface area contributed by atoms with Crippen molar-refractivity contribution in [1.29, 1.82) is 0 Å². The second-order valence-corrected chi connectivity index (χ2v) is 25.6. The molecule has 0 rings (SSSR count). The van der Waals surface area contributed by atoms with Crippen LogP contribution in [0.1, 0.15) is 418 Å². The lowest BCUT2D eigenvalue weighted by atomic mass is 10.0. The van der Waals surface area contributed by atoms with Crippen LogP contribution in [-0.2, 0) is 14.3 Å². The van der Waals surface area contributed by atoms with Crippen molar-refractivity contribution in [3.8, 4) is 0 Å². The average Bonchev–Trinajstić information content (AvgIpc) is 3.47. The first-order chi connectivity index (χ1) is 40.0. The summed E-state index contributed by atoms with van der Waals surface area (Å²) in [5.41, 5.74) is 0. The first-order valence-corrected chi connectivity index (χ1v) is 37.1. The minimum Gasteiger partial charge on any atom is -0.466 e. The van der Waals surface area contributed by atoms with Crippen molar-refractivity contribution in [2.75, 3.05) is 13.2 Å².